The van der Waals surface area contributed by atoms with Gasteiger partial charge in [-0.1, -0.05) is 77.3 Å². The van der Waals surface area contributed by atoms with Gasteiger partial charge < -0.3 is 10.2 Å². The van der Waals surface area contributed by atoms with Crippen LogP contribution >= 0.6 is 23.2 Å². The third kappa shape index (κ3) is 7.75. The molecule has 0 fully saturated rings. The molecule has 0 heterocycles. The summed E-state index contributed by atoms with van der Waals surface area (Å²) in [4.78, 5) is 28.5. The zero-order valence-electron chi connectivity index (χ0n) is 22.6. The van der Waals surface area contributed by atoms with Crippen LogP contribution in [0.25, 0.3) is 0 Å². The highest BCUT2D eigenvalue weighted by Crippen LogP contribution is 2.35. The van der Waals surface area contributed by atoms with Gasteiger partial charge in [-0.25, -0.2) is 8.42 Å². The molecule has 0 aromatic heterocycles. The molecule has 0 saturated carbocycles. The predicted molar refractivity (Wildman–Crippen MR) is 157 cm³/mol. The molecule has 0 spiro atoms. The summed E-state index contributed by atoms with van der Waals surface area (Å²) in [5.74, 6) is -0.939. The van der Waals surface area contributed by atoms with Gasteiger partial charge in [0.2, 0.25) is 11.8 Å². The first-order valence-corrected chi connectivity index (χ1v) is 14.6. The highest BCUT2D eigenvalue weighted by atomic mass is 35.5. The number of hydrogen-bond acceptors (Lipinski definition) is 4. The topological polar surface area (TPSA) is 86.8 Å². The van der Waals surface area contributed by atoms with Crippen molar-refractivity contribution >= 4 is 50.7 Å². The zero-order chi connectivity index (χ0) is 29.0. The summed E-state index contributed by atoms with van der Waals surface area (Å²) in [6.07, 6.45) is 0. The maximum absolute atomic E-state index is 14.0. The van der Waals surface area contributed by atoms with E-state index < -0.39 is 34.1 Å². The van der Waals surface area contributed by atoms with Gasteiger partial charge in [0.25, 0.3) is 10.0 Å². The molecule has 208 valence electrons. The lowest BCUT2D eigenvalue weighted by Crippen LogP contribution is -2.54. The summed E-state index contributed by atoms with van der Waals surface area (Å²) in [6.45, 7) is 8.59. The molecule has 3 aromatic rings. The predicted octanol–water partition coefficient (Wildman–Crippen LogP) is 5.83. The minimum Gasteiger partial charge on any atom is -0.350 e. The number of carbonyl (C=O) groups is 2. The first kappa shape index (κ1) is 30.5. The van der Waals surface area contributed by atoms with Crippen LogP contribution in [0.5, 0.6) is 0 Å². The summed E-state index contributed by atoms with van der Waals surface area (Å²) in [5.41, 5.74) is 1.33. The van der Waals surface area contributed by atoms with E-state index in [0.29, 0.717) is 0 Å². The lowest BCUT2D eigenvalue weighted by molar-refractivity contribution is -0.140. The molecular formula is C29H33Cl2N3O4S. The summed E-state index contributed by atoms with van der Waals surface area (Å²) < 4.78 is 28.6. The van der Waals surface area contributed by atoms with Crippen LogP contribution < -0.4 is 9.62 Å². The van der Waals surface area contributed by atoms with Crippen LogP contribution in [0.3, 0.4) is 0 Å². The zero-order valence-corrected chi connectivity index (χ0v) is 24.9. The van der Waals surface area contributed by atoms with Gasteiger partial charge in [0, 0.05) is 12.1 Å². The highest BCUT2D eigenvalue weighted by molar-refractivity contribution is 7.92. The number of rotatable bonds is 9. The number of sulfonamides is 1. The molecule has 1 atom stereocenters. The van der Waals surface area contributed by atoms with E-state index in [0.717, 1.165) is 15.4 Å². The minimum atomic E-state index is -4.23. The average Bonchev–Trinajstić information content (AvgIpc) is 2.86. The number of nitrogens with one attached hydrogen (secondary N) is 1. The fourth-order valence-electron chi connectivity index (χ4n) is 3.98. The molecule has 0 unspecified atom stereocenters. The third-order valence-electron chi connectivity index (χ3n) is 5.91. The van der Waals surface area contributed by atoms with Crippen molar-refractivity contribution in [3.8, 4) is 0 Å². The largest absolute Gasteiger partial charge is 0.350 e. The van der Waals surface area contributed by atoms with E-state index in [9.17, 15) is 18.0 Å². The van der Waals surface area contributed by atoms with Crippen LogP contribution in [0, 0.1) is 6.92 Å². The average molecular weight is 591 g/mol. The second-order valence-corrected chi connectivity index (χ2v) is 13.0. The molecule has 7 nitrogen and oxygen atoms in total. The molecule has 0 radical (unpaired) electrons. The van der Waals surface area contributed by atoms with Crippen LogP contribution in [-0.2, 0) is 26.2 Å². The molecule has 39 heavy (non-hydrogen) atoms. The quantitative estimate of drug-likeness (QED) is 0.340. The first-order valence-electron chi connectivity index (χ1n) is 12.4. The number of hydrogen-bond donors (Lipinski definition) is 1. The monoisotopic (exact) mass is 589 g/mol. The Labute approximate surface area is 240 Å². The van der Waals surface area contributed by atoms with Crippen LogP contribution in [0.2, 0.25) is 10.0 Å². The third-order valence-corrected chi connectivity index (χ3v) is 8.49. The van der Waals surface area contributed by atoms with Crippen LogP contribution in [0.1, 0.15) is 38.8 Å². The van der Waals surface area contributed by atoms with Gasteiger partial charge in [-0.15, -0.1) is 0 Å². The molecular weight excluding hydrogens is 557 g/mol. The van der Waals surface area contributed by atoms with E-state index in [1.807, 2.05) is 52.0 Å². The maximum atomic E-state index is 14.0. The Morgan fingerprint density at radius 1 is 0.949 bits per heavy atom. The van der Waals surface area contributed by atoms with E-state index in [4.69, 9.17) is 23.2 Å². The van der Waals surface area contributed by atoms with E-state index in [1.165, 1.54) is 29.2 Å². The molecule has 1 N–H and O–H groups in total. The van der Waals surface area contributed by atoms with Crippen LogP contribution in [0.15, 0.2) is 77.7 Å². The number of benzene rings is 3. The van der Waals surface area contributed by atoms with Gasteiger partial charge in [-0.2, -0.15) is 0 Å². The summed E-state index contributed by atoms with van der Waals surface area (Å²) in [5, 5.41) is 3.04. The van der Waals surface area contributed by atoms with Crippen molar-refractivity contribution in [1.29, 1.82) is 0 Å². The Hall–Kier alpha value is -3.07. The summed E-state index contributed by atoms with van der Waals surface area (Å²) in [6, 6.07) is 19.0. The molecule has 0 bridgehead atoms. The summed E-state index contributed by atoms with van der Waals surface area (Å²) >= 11 is 12.7. The van der Waals surface area contributed by atoms with Crippen molar-refractivity contribution in [3.63, 3.8) is 0 Å². The Morgan fingerprint density at radius 3 is 2.21 bits per heavy atom. The van der Waals surface area contributed by atoms with Gasteiger partial charge in [0.05, 0.1) is 20.6 Å². The highest BCUT2D eigenvalue weighted by Gasteiger charge is 2.34. The smallest absolute Gasteiger partial charge is 0.264 e. The lowest BCUT2D eigenvalue weighted by Gasteiger charge is -2.33. The molecule has 0 aliphatic heterocycles. The molecule has 10 heteroatoms. The number of halogens is 2. The van der Waals surface area contributed by atoms with E-state index in [2.05, 4.69) is 5.32 Å². The van der Waals surface area contributed by atoms with Gasteiger partial charge in [0.1, 0.15) is 12.6 Å². The number of anilines is 1. The molecule has 0 saturated heterocycles. The second kappa shape index (κ2) is 12.4. The number of amides is 2. The molecule has 2 amide bonds. The van der Waals surface area contributed by atoms with Crippen molar-refractivity contribution in [1.82, 2.24) is 10.2 Å². The number of nitrogens with zero attached hydrogens (tertiary/aromatic N) is 2. The van der Waals surface area contributed by atoms with Crippen molar-refractivity contribution in [3.05, 3.63) is 94.0 Å². The van der Waals surface area contributed by atoms with Crippen LogP contribution in [-0.4, -0.2) is 43.3 Å². The normalized spacial score (nSPS) is 12.5. The Balaban J connectivity index is 2.07. The Morgan fingerprint density at radius 2 is 1.59 bits per heavy atom. The van der Waals surface area contributed by atoms with E-state index in [1.54, 1.807) is 31.2 Å². The first-order chi connectivity index (χ1) is 18.2. The molecule has 3 rings (SSSR count). The van der Waals surface area contributed by atoms with Crippen molar-refractivity contribution in [2.75, 3.05) is 10.8 Å². The van der Waals surface area contributed by atoms with Gasteiger partial charge in [-0.3, -0.25) is 13.9 Å². The SMILES string of the molecule is Cc1cccc(CN(C(=O)CN(c2cccc(Cl)c2Cl)S(=O)(=O)c2ccccc2)[C@@H](C)C(=O)NC(C)(C)C)c1. The molecule has 3 aromatic carbocycles. The maximum Gasteiger partial charge on any atom is 0.264 e. The molecule has 0 aliphatic carbocycles. The molecule has 0 aliphatic rings. The van der Waals surface area contributed by atoms with Crippen LogP contribution in [0.4, 0.5) is 5.69 Å². The fraction of sp³-hybridized carbons (Fsp3) is 0.310. The Kier molecular flexibility index (Phi) is 9.69. The van der Waals surface area contributed by atoms with Crippen molar-refractivity contribution < 1.29 is 18.0 Å². The van der Waals surface area contributed by atoms with E-state index >= 15 is 0 Å². The standard InChI is InChI=1S/C29H33Cl2N3O4S/c1-20-11-9-12-22(17-20)18-33(21(2)28(36)32-29(3,4)5)26(35)19-34(25-16-10-15-24(30)27(25)31)39(37,38)23-13-7-6-8-14-23/h6-17,21H,18-19H2,1-5H3,(H,32,36)/t21-/m0/s1. The van der Waals surface area contributed by atoms with Gasteiger partial charge >= 0.3 is 0 Å². The summed E-state index contributed by atoms with van der Waals surface area (Å²) in [7, 11) is -4.23. The second-order valence-electron chi connectivity index (χ2n) is 10.3. The minimum absolute atomic E-state index is 0.00442. The lowest BCUT2D eigenvalue weighted by atomic mass is 10.1. The van der Waals surface area contributed by atoms with Gasteiger partial charge in [-0.05, 0) is 64.4 Å². The number of aryl methyl sites for hydroxylation is 1. The van der Waals surface area contributed by atoms with Crippen molar-refractivity contribution in [2.24, 2.45) is 0 Å². The fourth-order valence-corrected chi connectivity index (χ4v) is 5.88. The van der Waals surface area contributed by atoms with Crippen molar-refractivity contribution in [2.45, 2.75) is 57.6 Å². The Bertz CT molecular complexity index is 1440. The number of carbonyl (C=O) groups excluding carboxylic acids is 2. The van der Waals surface area contributed by atoms with Gasteiger partial charge in [0.15, 0.2) is 0 Å². The van der Waals surface area contributed by atoms with E-state index in [-0.39, 0.29) is 33.1 Å².